The van der Waals surface area contributed by atoms with Crippen molar-refractivity contribution >= 4 is 11.8 Å². The molecule has 148 valence electrons. The Balaban J connectivity index is 1.29. The van der Waals surface area contributed by atoms with Gasteiger partial charge in [0, 0.05) is 32.0 Å². The lowest BCUT2D eigenvalue weighted by molar-refractivity contribution is -0.123. The number of benzene rings is 1. The number of amides is 2. The van der Waals surface area contributed by atoms with Gasteiger partial charge in [-0.1, -0.05) is 31.2 Å². The fourth-order valence-electron chi connectivity index (χ4n) is 3.48. The number of nitrogens with zero attached hydrogens (tertiary/aromatic N) is 1. The van der Waals surface area contributed by atoms with Gasteiger partial charge in [0.15, 0.2) is 0 Å². The smallest absolute Gasteiger partial charge is 0.223 e. The van der Waals surface area contributed by atoms with Crippen molar-refractivity contribution in [2.45, 2.75) is 58.5 Å². The highest BCUT2D eigenvalue weighted by Gasteiger charge is 2.28. The van der Waals surface area contributed by atoms with Gasteiger partial charge in [-0.2, -0.15) is 0 Å². The van der Waals surface area contributed by atoms with E-state index in [1.54, 1.807) is 0 Å². The molecule has 0 atom stereocenters. The van der Waals surface area contributed by atoms with Crippen molar-refractivity contribution < 1.29 is 9.59 Å². The second-order valence-corrected chi connectivity index (χ2v) is 8.22. The van der Waals surface area contributed by atoms with Crippen LogP contribution in [0.2, 0.25) is 0 Å². The third-order valence-electron chi connectivity index (χ3n) is 5.62. The first-order valence-electron chi connectivity index (χ1n) is 10.4. The van der Waals surface area contributed by atoms with Crippen molar-refractivity contribution in [3.05, 3.63) is 35.4 Å². The fraction of sp³-hybridized carbons (Fsp3) is 0.636. The molecule has 1 aliphatic heterocycles. The Labute approximate surface area is 162 Å². The molecular formula is C22H33N3O2. The number of piperidine rings is 1. The average Bonchev–Trinajstić information content (AvgIpc) is 3.52. The molecule has 1 aliphatic carbocycles. The first-order valence-corrected chi connectivity index (χ1v) is 10.4. The molecule has 0 bridgehead atoms. The molecule has 5 heteroatoms. The highest BCUT2D eigenvalue weighted by atomic mass is 16.2. The van der Waals surface area contributed by atoms with Gasteiger partial charge in [0.25, 0.3) is 0 Å². The molecule has 1 saturated carbocycles. The van der Waals surface area contributed by atoms with E-state index in [0.29, 0.717) is 25.9 Å². The number of likely N-dealkylation sites (tertiary alicyclic amines) is 1. The van der Waals surface area contributed by atoms with E-state index in [-0.39, 0.29) is 17.7 Å². The molecular weight excluding hydrogens is 338 g/mol. The van der Waals surface area contributed by atoms with Crippen LogP contribution >= 0.6 is 0 Å². The normalized spacial score (nSPS) is 18.3. The van der Waals surface area contributed by atoms with Crippen LogP contribution in [-0.2, 0) is 22.7 Å². The van der Waals surface area contributed by atoms with Crippen LogP contribution in [-0.4, -0.2) is 36.3 Å². The fourth-order valence-corrected chi connectivity index (χ4v) is 3.48. The van der Waals surface area contributed by atoms with Crippen molar-refractivity contribution in [2.75, 3.05) is 19.6 Å². The van der Waals surface area contributed by atoms with Gasteiger partial charge in [0.2, 0.25) is 11.8 Å². The Hall–Kier alpha value is -1.88. The van der Waals surface area contributed by atoms with Crippen LogP contribution < -0.4 is 10.6 Å². The highest BCUT2D eigenvalue weighted by Crippen LogP contribution is 2.28. The number of carbonyl (C=O) groups excluding carboxylic acids is 2. The van der Waals surface area contributed by atoms with Gasteiger partial charge in [-0.3, -0.25) is 14.5 Å². The molecule has 1 heterocycles. The minimum absolute atomic E-state index is 0.0437. The molecule has 27 heavy (non-hydrogen) atoms. The van der Waals surface area contributed by atoms with Crippen molar-refractivity contribution in [1.29, 1.82) is 0 Å². The van der Waals surface area contributed by atoms with E-state index in [4.69, 9.17) is 0 Å². The largest absolute Gasteiger partial charge is 0.356 e. The van der Waals surface area contributed by atoms with Crippen LogP contribution in [0.4, 0.5) is 0 Å². The first-order chi connectivity index (χ1) is 13.1. The van der Waals surface area contributed by atoms with Crippen LogP contribution in [0.5, 0.6) is 0 Å². The van der Waals surface area contributed by atoms with Crippen molar-refractivity contribution in [2.24, 2.45) is 11.8 Å². The first kappa shape index (κ1) is 19.9. The lowest BCUT2D eigenvalue weighted by Gasteiger charge is -2.30. The highest BCUT2D eigenvalue weighted by molar-refractivity contribution is 5.81. The van der Waals surface area contributed by atoms with Gasteiger partial charge in [-0.25, -0.2) is 0 Å². The quantitative estimate of drug-likeness (QED) is 0.656. The maximum Gasteiger partial charge on any atom is 0.223 e. The predicted molar refractivity (Wildman–Crippen MR) is 107 cm³/mol. The van der Waals surface area contributed by atoms with E-state index in [2.05, 4.69) is 46.7 Å². The predicted octanol–water partition coefficient (Wildman–Crippen LogP) is 2.84. The molecule has 2 amide bonds. The summed E-state index contributed by atoms with van der Waals surface area (Å²) < 4.78 is 0. The Kier molecular flexibility index (Phi) is 7.27. The number of rotatable bonds is 9. The summed E-state index contributed by atoms with van der Waals surface area (Å²) in [5.74, 6) is 1.29. The molecule has 0 radical (unpaired) electrons. The van der Waals surface area contributed by atoms with Crippen LogP contribution in [0, 0.1) is 11.8 Å². The van der Waals surface area contributed by atoms with E-state index < -0.39 is 0 Å². The maximum absolute atomic E-state index is 11.9. The molecule has 2 fully saturated rings. The molecule has 2 N–H and O–H groups in total. The van der Waals surface area contributed by atoms with E-state index in [0.717, 1.165) is 30.9 Å². The minimum atomic E-state index is 0.0437. The summed E-state index contributed by atoms with van der Waals surface area (Å²) in [5.41, 5.74) is 2.47. The zero-order valence-electron chi connectivity index (χ0n) is 16.5. The maximum atomic E-state index is 11.9. The third-order valence-corrected chi connectivity index (χ3v) is 5.62. The van der Waals surface area contributed by atoms with Gasteiger partial charge in [0.1, 0.15) is 0 Å². The molecule has 0 unspecified atom stereocenters. The van der Waals surface area contributed by atoms with Crippen LogP contribution in [0.15, 0.2) is 24.3 Å². The molecule has 1 aromatic carbocycles. The zero-order chi connectivity index (χ0) is 19.1. The number of nitrogens with one attached hydrogen (secondary N) is 2. The molecule has 3 rings (SSSR count). The van der Waals surface area contributed by atoms with Gasteiger partial charge in [0.05, 0.1) is 0 Å². The Morgan fingerprint density at radius 1 is 1.00 bits per heavy atom. The molecule has 1 saturated heterocycles. The second kappa shape index (κ2) is 9.88. The van der Waals surface area contributed by atoms with Crippen LogP contribution in [0.3, 0.4) is 0 Å². The van der Waals surface area contributed by atoms with Crippen LogP contribution in [0.25, 0.3) is 0 Å². The number of hydrogen-bond donors (Lipinski definition) is 2. The molecule has 2 aliphatic rings. The summed E-state index contributed by atoms with van der Waals surface area (Å²) in [6.45, 7) is 6.90. The Morgan fingerprint density at radius 3 is 2.33 bits per heavy atom. The van der Waals surface area contributed by atoms with Crippen LogP contribution in [0.1, 0.15) is 56.6 Å². The lowest BCUT2D eigenvalue weighted by Crippen LogP contribution is -2.32. The van der Waals surface area contributed by atoms with Crippen molar-refractivity contribution in [3.8, 4) is 0 Å². The molecule has 0 aromatic heterocycles. The summed E-state index contributed by atoms with van der Waals surface area (Å²) in [5, 5.41) is 5.86. The second-order valence-electron chi connectivity index (χ2n) is 8.22. The summed E-state index contributed by atoms with van der Waals surface area (Å²) in [7, 11) is 0. The summed E-state index contributed by atoms with van der Waals surface area (Å²) in [4.78, 5) is 26.0. The van der Waals surface area contributed by atoms with Gasteiger partial charge < -0.3 is 10.6 Å². The number of hydrogen-bond acceptors (Lipinski definition) is 3. The summed E-state index contributed by atoms with van der Waals surface area (Å²) in [6, 6.07) is 8.57. The van der Waals surface area contributed by atoms with Crippen molar-refractivity contribution in [3.63, 3.8) is 0 Å². The van der Waals surface area contributed by atoms with E-state index in [1.807, 2.05) is 0 Å². The monoisotopic (exact) mass is 371 g/mol. The topological polar surface area (TPSA) is 61.4 Å². The van der Waals surface area contributed by atoms with Crippen molar-refractivity contribution in [1.82, 2.24) is 15.5 Å². The third kappa shape index (κ3) is 6.98. The summed E-state index contributed by atoms with van der Waals surface area (Å²) >= 11 is 0. The van der Waals surface area contributed by atoms with E-state index in [9.17, 15) is 9.59 Å². The molecule has 0 spiro atoms. The Morgan fingerprint density at radius 2 is 1.67 bits per heavy atom. The van der Waals surface area contributed by atoms with Gasteiger partial charge in [-0.05, 0) is 62.2 Å². The van der Waals surface area contributed by atoms with Gasteiger partial charge in [-0.15, -0.1) is 0 Å². The molecule has 5 nitrogen and oxygen atoms in total. The lowest BCUT2D eigenvalue weighted by atomic mass is 9.99. The molecule has 1 aromatic rings. The minimum Gasteiger partial charge on any atom is -0.356 e. The SMILES string of the molecule is CC1CCN(Cc2ccc(CNC(=O)CCCNC(=O)C3CC3)cc2)CC1. The zero-order valence-corrected chi connectivity index (χ0v) is 16.5. The average molecular weight is 372 g/mol. The number of carbonyl (C=O) groups is 2. The Bertz CT molecular complexity index is 617. The standard InChI is InChI=1S/C22H33N3O2/c1-17-10-13-25(14-11-17)16-19-6-4-18(5-7-19)15-24-21(26)3-2-12-23-22(27)20-8-9-20/h4-7,17,20H,2-3,8-16H2,1H3,(H,23,27)(H,24,26). The van der Waals surface area contributed by atoms with E-state index >= 15 is 0 Å². The summed E-state index contributed by atoms with van der Waals surface area (Å²) in [6.07, 6.45) is 5.78. The van der Waals surface area contributed by atoms with E-state index in [1.165, 1.54) is 31.5 Å². The van der Waals surface area contributed by atoms with Gasteiger partial charge >= 0.3 is 0 Å².